The minimum atomic E-state index is -0.0113. The summed E-state index contributed by atoms with van der Waals surface area (Å²) in [5.41, 5.74) is 3.25. The van der Waals surface area contributed by atoms with E-state index < -0.39 is 0 Å². The molecule has 0 radical (unpaired) electrons. The van der Waals surface area contributed by atoms with Gasteiger partial charge in [0.25, 0.3) is 0 Å². The second-order valence-electron chi connectivity index (χ2n) is 5.96. The Kier molecular flexibility index (Phi) is 6.07. The number of amides is 1. The lowest BCUT2D eigenvalue weighted by Crippen LogP contribution is -2.47. The molecule has 1 fully saturated rings. The van der Waals surface area contributed by atoms with Crippen LogP contribution < -0.4 is 5.32 Å². The van der Waals surface area contributed by atoms with Gasteiger partial charge in [0.15, 0.2) is 0 Å². The van der Waals surface area contributed by atoms with Gasteiger partial charge in [0.05, 0.1) is 6.04 Å². The number of carbonyl (C=O) groups is 1. The van der Waals surface area contributed by atoms with Gasteiger partial charge in [-0.3, -0.25) is 9.69 Å². The number of hydrogen-bond donors (Lipinski definition) is 1. The summed E-state index contributed by atoms with van der Waals surface area (Å²) in [6.07, 6.45) is 4.19. The maximum atomic E-state index is 12.6. The van der Waals surface area contributed by atoms with Crippen molar-refractivity contribution in [2.75, 3.05) is 24.3 Å². The number of alkyl halides is 1. The summed E-state index contributed by atoms with van der Waals surface area (Å²) in [5.74, 6) is 0.774. The molecule has 0 aliphatic carbocycles. The fraction of sp³-hybridized carbons (Fsp3) is 0.588. The first-order valence-electron chi connectivity index (χ1n) is 7.79. The number of piperidine rings is 1. The Bertz CT molecular complexity index is 469. The molecule has 1 amide bonds. The topological polar surface area (TPSA) is 32.3 Å². The highest BCUT2D eigenvalue weighted by atomic mass is 35.5. The Balaban J connectivity index is 2.02. The van der Waals surface area contributed by atoms with E-state index in [4.69, 9.17) is 11.6 Å². The molecule has 1 heterocycles. The van der Waals surface area contributed by atoms with Gasteiger partial charge in [0, 0.05) is 18.1 Å². The predicted molar refractivity (Wildman–Crippen MR) is 89.1 cm³/mol. The minimum absolute atomic E-state index is 0.0113. The molecule has 116 valence electrons. The van der Waals surface area contributed by atoms with Crippen LogP contribution in [-0.4, -0.2) is 35.8 Å². The highest BCUT2D eigenvalue weighted by Gasteiger charge is 2.28. The molecular formula is C17H25ClN2O. The van der Waals surface area contributed by atoms with Crippen LogP contribution in [0.25, 0.3) is 0 Å². The van der Waals surface area contributed by atoms with Gasteiger partial charge in [-0.1, -0.05) is 12.5 Å². The molecule has 1 saturated heterocycles. The number of benzene rings is 1. The van der Waals surface area contributed by atoms with Crippen molar-refractivity contribution in [2.24, 2.45) is 0 Å². The molecule has 21 heavy (non-hydrogen) atoms. The summed E-state index contributed by atoms with van der Waals surface area (Å²) < 4.78 is 0. The number of rotatable bonds is 5. The van der Waals surface area contributed by atoms with Crippen molar-refractivity contribution in [3.63, 3.8) is 0 Å². The van der Waals surface area contributed by atoms with Crippen LogP contribution in [0.1, 0.15) is 36.8 Å². The molecule has 1 aliphatic rings. The van der Waals surface area contributed by atoms with Gasteiger partial charge in [-0.25, -0.2) is 0 Å². The van der Waals surface area contributed by atoms with Crippen LogP contribution >= 0.6 is 11.6 Å². The summed E-state index contributed by atoms with van der Waals surface area (Å²) in [6.45, 7) is 6.02. The number of hydrogen-bond acceptors (Lipinski definition) is 2. The summed E-state index contributed by atoms with van der Waals surface area (Å²) in [6, 6.07) is 6.15. The minimum Gasteiger partial charge on any atom is -0.325 e. The number of halogens is 1. The summed E-state index contributed by atoms with van der Waals surface area (Å²) in [5, 5.41) is 3.09. The smallest absolute Gasteiger partial charge is 0.241 e. The first-order chi connectivity index (χ1) is 10.1. The normalized spacial score (nSPS) is 19.5. The van der Waals surface area contributed by atoms with E-state index in [1.165, 1.54) is 17.5 Å². The van der Waals surface area contributed by atoms with E-state index in [-0.39, 0.29) is 11.9 Å². The first kappa shape index (κ1) is 16.3. The van der Waals surface area contributed by atoms with Crippen LogP contribution in [0.3, 0.4) is 0 Å². The van der Waals surface area contributed by atoms with Gasteiger partial charge < -0.3 is 5.32 Å². The van der Waals surface area contributed by atoms with E-state index in [1.807, 2.05) is 12.1 Å². The van der Waals surface area contributed by atoms with Crippen LogP contribution in [0.4, 0.5) is 5.69 Å². The third kappa shape index (κ3) is 4.72. The number of aryl methyl sites for hydroxylation is 2. The largest absolute Gasteiger partial charge is 0.325 e. The van der Waals surface area contributed by atoms with E-state index >= 15 is 0 Å². The van der Waals surface area contributed by atoms with Crippen LogP contribution in [0.5, 0.6) is 0 Å². The summed E-state index contributed by atoms with van der Waals surface area (Å²) in [7, 11) is 0. The first-order valence-corrected chi connectivity index (χ1v) is 8.33. The van der Waals surface area contributed by atoms with Crippen molar-refractivity contribution < 1.29 is 4.79 Å². The zero-order chi connectivity index (χ0) is 15.2. The van der Waals surface area contributed by atoms with E-state index in [1.54, 1.807) is 0 Å². The van der Waals surface area contributed by atoms with Gasteiger partial charge in [-0.15, -0.1) is 11.6 Å². The molecule has 2 rings (SSSR count). The Morgan fingerprint density at radius 2 is 2.00 bits per heavy atom. The average Bonchev–Trinajstić information content (AvgIpc) is 2.44. The molecule has 0 spiro atoms. The number of likely N-dealkylation sites (tertiary alicyclic amines) is 1. The monoisotopic (exact) mass is 308 g/mol. The highest BCUT2D eigenvalue weighted by Crippen LogP contribution is 2.20. The summed E-state index contributed by atoms with van der Waals surface area (Å²) in [4.78, 5) is 14.9. The molecular weight excluding hydrogens is 284 g/mol. The molecule has 1 N–H and O–H groups in total. The number of nitrogens with zero attached hydrogens (tertiary/aromatic N) is 1. The van der Waals surface area contributed by atoms with Crippen LogP contribution in [0.2, 0.25) is 0 Å². The Morgan fingerprint density at radius 1 is 1.29 bits per heavy atom. The van der Waals surface area contributed by atoms with E-state index in [9.17, 15) is 4.79 Å². The number of anilines is 1. The van der Waals surface area contributed by atoms with E-state index in [0.717, 1.165) is 38.0 Å². The van der Waals surface area contributed by atoms with Gasteiger partial charge in [-0.05, 0) is 62.9 Å². The molecule has 0 unspecified atom stereocenters. The van der Waals surface area contributed by atoms with Crippen LogP contribution in [-0.2, 0) is 4.79 Å². The Morgan fingerprint density at radius 3 is 2.67 bits per heavy atom. The van der Waals surface area contributed by atoms with Crippen LogP contribution in [0.15, 0.2) is 18.2 Å². The van der Waals surface area contributed by atoms with E-state index in [2.05, 4.69) is 30.1 Å². The Labute approximate surface area is 132 Å². The molecule has 0 bridgehead atoms. The fourth-order valence-electron chi connectivity index (χ4n) is 3.09. The molecule has 0 aromatic heterocycles. The van der Waals surface area contributed by atoms with Gasteiger partial charge in [0.1, 0.15) is 0 Å². The quantitative estimate of drug-likeness (QED) is 0.841. The lowest BCUT2D eigenvalue weighted by atomic mass is 10.0. The third-order valence-electron chi connectivity index (χ3n) is 3.98. The SMILES string of the molecule is Cc1cc(C)cc(NC(=O)[C@@H]2CCCCN2CCCCl)c1. The van der Waals surface area contributed by atoms with E-state index in [0.29, 0.717) is 5.88 Å². The molecule has 4 heteroatoms. The van der Waals surface area contributed by atoms with Crippen LogP contribution in [0, 0.1) is 13.8 Å². The maximum absolute atomic E-state index is 12.6. The summed E-state index contributed by atoms with van der Waals surface area (Å²) >= 11 is 5.79. The van der Waals surface area contributed by atoms with Gasteiger partial charge >= 0.3 is 0 Å². The van der Waals surface area contributed by atoms with Gasteiger partial charge in [-0.2, -0.15) is 0 Å². The molecule has 1 aromatic carbocycles. The van der Waals surface area contributed by atoms with Crippen molar-refractivity contribution in [1.82, 2.24) is 4.90 Å². The zero-order valence-corrected chi connectivity index (χ0v) is 13.7. The second kappa shape index (κ2) is 7.81. The predicted octanol–water partition coefficient (Wildman–Crippen LogP) is 3.73. The lowest BCUT2D eigenvalue weighted by molar-refractivity contribution is -0.122. The molecule has 3 nitrogen and oxygen atoms in total. The van der Waals surface area contributed by atoms with Crippen molar-refractivity contribution in [2.45, 2.75) is 45.6 Å². The maximum Gasteiger partial charge on any atom is 0.241 e. The number of nitrogens with one attached hydrogen (secondary N) is 1. The zero-order valence-electron chi connectivity index (χ0n) is 13.0. The second-order valence-corrected chi connectivity index (χ2v) is 6.33. The standard InChI is InChI=1S/C17H25ClN2O/c1-13-10-14(2)12-15(11-13)19-17(21)16-6-3-4-8-20(16)9-5-7-18/h10-12,16H,3-9H2,1-2H3,(H,19,21)/t16-/m0/s1. The van der Waals surface area contributed by atoms with Gasteiger partial charge in [0.2, 0.25) is 5.91 Å². The molecule has 1 aliphatic heterocycles. The molecule has 0 saturated carbocycles. The molecule has 1 aromatic rings. The average molecular weight is 309 g/mol. The number of carbonyl (C=O) groups excluding carboxylic acids is 1. The molecule has 1 atom stereocenters. The Hall–Kier alpha value is -1.06. The van der Waals surface area contributed by atoms with Crippen molar-refractivity contribution in [1.29, 1.82) is 0 Å². The fourth-order valence-corrected chi connectivity index (χ4v) is 3.21. The van der Waals surface area contributed by atoms with Crippen molar-refractivity contribution in [3.05, 3.63) is 29.3 Å². The van der Waals surface area contributed by atoms with Crippen molar-refractivity contribution >= 4 is 23.2 Å². The van der Waals surface area contributed by atoms with Crippen molar-refractivity contribution in [3.8, 4) is 0 Å². The highest BCUT2D eigenvalue weighted by molar-refractivity contribution is 6.17. The third-order valence-corrected chi connectivity index (χ3v) is 4.25. The lowest BCUT2D eigenvalue weighted by Gasteiger charge is -2.34.